The van der Waals surface area contributed by atoms with Gasteiger partial charge in [-0.25, -0.2) is 24.7 Å². The number of hydrogen-bond acceptors (Lipinski definition) is 6. The normalized spacial score (nSPS) is 10.8. The van der Waals surface area contributed by atoms with Crippen LogP contribution in [0.5, 0.6) is 0 Å². The Bertz CT molecular complexity index is 1170. The van der Waals surface area contributed by atoms with Gasteiger partial charge in [0.2, 0.25) is 5.95 Å². The lowest BCUT2D eigenvalue weighted by Crippen LogP contribution is -2.28. The third kappa shape index (κ3) is 3.90. The Morgan fingerprint density at radius 3 is 2.57 bits per heavy atom. The van der Waals surface area contributed by atoms with Crippen LogP contribution in [0.25, 0.3) is 33.5 Å². The van der Waals surface area contributed by atoms with Crippen LogP contribution in [-0.4, -0.2) is 51.6 Å². The topological polar surface area (TPSA) is 112 Å². The molecule has 0 atom stereocenters. The van der Waals surface area contributed by atoms with E-state index in [1.807, 2.05) is 56.4 Å². The first-order chi connectivity index (χ1) is 14.5. The molecule has 3 N–H and O–H groups in total. The molecule has 4 aromatic rings. The van der Waals surface area contributed by atoms with E-state index in [4.69, 9.17) is 0 Å². The number of nitrogens with zero attached hydrogens (tertiary/aromatic N) is 5. The number of carbonyl (C=O) groups excluding carboxylic acids is 1. The number of carbonyl (C=O) groups is 1. The summed E-state index contributed by atoms with van der Waals surface area (Å²) in [5, 5.41) is 5.40. The monoisotopic (exact) mass is 402 g/mol. The van der Waals surface area contributed by atoms with Crippen LogP contribution in [0.1, 0.15) is 6.92 Å². The van der Waals surface area contributed by atoms with Crippen LogP contribution in [0.15, 0.2) is 48.9 Å². The molecule has 9 nitrogen and oxygen atoms in total. The quantitative estimate of drug-likeness (QED) is 0.472. The number of hydrogen-bond donors (Lipinski definition) is 3. The second-order valence-electron chi connectivity index (χ2n) is 6.86. The van der Waals surface area contributed by atoms with Crippen molar-refractivity contribution < 1.29 is 4.79 Å². The molecule has 0 fully saturated rings. The minimum atomic E-state index is -0.322. The molecule has 0 bridgehead atoms. The SMILES string of the molecule is CCNC(=O)Nc1nc2cc(-c3ccc(N(C)C)nc3)cc(-c3ncccn3)c2[nH]1. The Balaban J connectivity index is 1.82. The van der Waals surface area contributed by atoms with Gasteiger partial charge in [0.15, 0.2) is 5.82 Å². The van der Waals surface area contributed by atoms with Crippen molar-refractivity contribution in [3.05, 3.63) is 48.9 Å². The third-order valence-electron chi connectivity index (χ3n) is 4.51. The van der Waals surface area contributed by atoms with E-state index in [-0.39, 0.29) is 6.03 Å². The predicted octanol–water partition coefficient (Wildman–Crippen LogP) is 3.29. The molecule has 1 aromatic carbocycles. The van der Waals surface area contributed by atoms with E-state index in [0.717, 1.165) is 28.0 Å². The minimum absolute atomic E-state index is 0.322. The third-order valence-corrected chi connectivity index (χ3v) is 4.51. The number of pyridine rings is 1. The first-order valence-electron chi connectivity index (χ1n) is 9.55. The second kappa shape index (κ2) is 8.16. The van der Waals surface area contributed by atoms with Crippen molar-refractivity contribution in [1.82, 2.24) is 30.2 Å². The summed E-state index contributed by atoms with van der Waals surface area (Å²) < 4.78 is 0. The van der Waals surface area contributed by atoms with Gasteiger partial charge >= 0.3 is 6.03 Å². The Hall–Kier alpha value is -4.01. The van der Waals surface area contributed by atoms with E-state index in [1.54, 1.807) is 18.5 Å². The second-order valence-corrected chi connectivity index (χ2v) is 6.86. The van der Waals surface area contributed by atoms with Crippen molar-refractivity contribution in [2.75, 3.05) is 30.9 Å². The molecule has 0 saturated heterocycles. The van der Waals surface area contributed by atoms with Crippen molar-refractivity contribution >= 4 is 28.8 Å². The van der Waals surface area contributed by atoms with Gasteiger partial charge in [-0.15, -0.1) is 0 Å². The van der Waals surface area contributed by atoms with Crippen LogP contribution in [0.2, 0.25) is 0 Å². The Morgan fingerprint density at radius 1 is 1.10 bits per heavy atom. The number of aromatic nitrogens is 5. The zero-order valence-electron chi connectivity index (χ0n) is 17.0. The van der Waals surface area contributed by atoms with Crippen molar-refractivity contribution in [3.63, 3.8) is 0 Å². The largest absolute Gasteiger partial charge is 0.363 e. The van der Waals surface area contributed by atoms with Gasteiger partial charge in [0.1, 0.15) is 5.82 Å². The number of imidazole rings is 1. The molecular formula is C21H22N8O. The minimum Gasteiger partial charge on any atom is -0.363 e. The fourth-order valence-corrected chi connectivity index (χ4v) is 3.09. The summed E-state index contributed by atoms with van der Waals surface area (Å²) in [5.41, 5.74) is 4.10. The van der Waals surface area contributed by atoms with Gasteiger partial charge in [-0.2, -0.15) is 0 Å². The number of amides is 2. The molecule has 0 aliphatic carbocycles. The molecule has 0 spiro atoms. The van der Waals surface area contributed by atoms with E-state index in [1.165, 1.54) is 0 Å². The summed E-state index contributed by atoms with van der Waals surface area (Å²) >= 11 is 0. The maximum atomic E-state index is 11.9. The van der Waals surface area contributed by atoms with E-state index >= 15 is 0 Å². The Labute approximate surface area is 173 Å². The number of urea groups is 1. The van der Waals surface area contributed by atoms with Gasteiger partial charge in [0.25, 0.3) is 0 Å². The summed E-state index contributed by atoms with van der Waals surface area (Å²) in [7, 11) is 3.90. The van der Waals surface area contributed by atoms with Crippen LogP contribution in [0, 0.1) is 0 Å². The summed E-state index contributed by atoms with van der Waals surface area (Å²) in [4.78, 5) is 34.8. The molecule has 9 heteroatoms. The van der Waals surface area contributed by atoms with E-state index in [9.17, 15) is 4.79 Å². The molecule has 152 valence electrons. The average Bonchev–Trinajstić information content (AvgIpc) is 3.16. The van der Waals surface area contributed by atoms with E-state index in [0.29, 0.717) is 23.8 Å². The highest BCUT2D eigenvalue weighted by Gasteiger charge is 2.15. The molecule has 3 heterocycles. The molecule has 0 saturated carbocycles. The zero-order valence-corrected chi connectivity index (χ0v) is 17.0. The molecule has 2 amide bonds. The molecule has 0 aliphatic heterocycles. The van der Waals surface area contributed by atoms with Crippen LogP contribution in [0.4, 0.5) is 16.6 Å². The lowest BCUT2D eigenvalue weighted by atomic mass is 10.0. The lowest BCUT2D eigenvalue weighted by molar-refractivity contribution is 0.252. The maximum absolute atomic E-state index is 11.9. The number of rotatable bonds is 5. The molecule has 0 aliphatic rings. The van der Waals surface area contributed by atoms with Gasteiger partial charge in [-0.05, 0) is 42.8 Å². The lowest BCUT2D eigenvalue weighted by Gasteiger charge is -2.12. The van der Waals surface area contributed by atoms with Crippen molar-refractivity contribution in [2.45, 2.75) is 6.92 Å². The fourth-order valence-electron chi connectivity index (χ4n) is 3.09. The number of aromatic amines is 1. The smallest absolute Gasteiger partial charge is 0.321 e. The molecule has 0 unspecified atom stereocenters. The van der Waals surface area contributed by atoms with E-state index in [2.05, 4.69) is 35.6 Å². The number of fused-ring (bicyclic) bond motifs is 1. The summed E-state index contributed by atoms with van der Waals surface area (Å²) in [6, 6.07) is 9.37. The molecular weight excluding hydrogens is 380 g/mol. The molecule has 4 rings (SSSR count). The summed E-state index contributed by atoms with van der Waals surface area (Å²) in [6.45, 7) is 2.38. The van der Waals surface area contributed by atoms with Gasteiger partial charge in [0, 0.05) is 50.4 Å². The van der Waals surface area contributed by atoms with Crippen molar-refractivity contribution in [3.8, 4) is 22.5 Å². The van der Waals surface area contributed by atoms with Gasteiger partial charge in [-0.3, -0.25) is 5.32 Å². The predicted molar refractivity (Wildman–Crippen MR) is 117 cm³/mol. The van der Waals surface area contributed by atoms with Gasteiger partial charge in [0.05, 0.1) is 11.0 Å². The first-order valence-corrected chi connectivity index (χ1v) is 9.55. The number of nitrogens with one attached hydrogen (secondary N) is 3. The molecule has 30 heavy (non-hydrogen) atoms. The zero-order chi connectivity index (χ0) is 21.1. The highest BCUT2D eigenvalue weighted by atomic mass is 16.2. The maximum Gasteiger partial charge on any atom is 0.321 e. The number of H-pyrrole nitrogens is 1. The average molecular weight is 402 g/mol. The van der Waals surface area contributed by atoms with Gasteiger partial charge in [-0.1, -0.05) is 0 Å². The van der Waals surface area contributed by atoms with Crippen LogP contribution in [-0.2, 0) is 0 Å². The van der Waals surface area contributed by atoms with Crippen LogP contribution >= 0.6 is 0 Å². The standard InChI is InChI=1S/C21H22N8O/c1-4-22-21(30)28-20-26-16-11-14(13-6-7-17(25-12-13)29(2)3)10-15(18(16)27-20)19-23-8-5-9-24-19/h5-12H,4H2,1-3H3,(H3,22,26,27,28,30). The first kappa shape index (κ1) is 19.3. The van der Waals surface area contributed by atoms with Crippen LogP contribution in [0.3, 0.4) is 0 Å². The van der Waals surface area contributed by atoms with E-state index < -0.39 is 0 Å². The van der Waals surface area contributed by atoms with Crippen molar-refractivity contribution in [2.24, 2.45) is 0 Å². The Morgan fingerprint density at radius 2 is 1.90 bits per heavy atom. The summed E-state index contributed by atoms with van der Waals surface area (Å²) in [5.74, 6) is 1.79. The molecule has 3 aromatic heterocycles. The van der Waals surface area contributed by atoms with Crippen LogP contribution < -0.4 is 15.5 Å². The highest BCUT2D eigenvalue weighted by Crippen LogP contribution is 2.32. The summed E-state index contributed by atoms with van der Waals surface area (Å²) in [6.07, 6.45) is 5.21. The fraction of sp³-hybridized carbons (Fsp3) is 0.190. The van der Waals surface area contributed by atoms with Crippen molar-refractivity contribution in [1.29, 1.82) is 0 Å². The number of anilines is 2. The van der Waals surface area contributed by atoms with Gasteiger partial charge < -0.3 is 15.2 Å². The highest BCUT2D eigenvalue weighted by molar-refractivity contribution is 5.97. The number of benzene rings is 1. The Kier molecular flexibility index (Phi) is 5.25. The molecule has 0 radical (unpaired) electrons.